The number of carbonyl (C=O) groups excluding carboxylic acids is 2. The predicted molar refractivity (Wildman–Crippen MR) is 119 cm³/mol. The quantitative estimate of drug-likeness (QED) is 0.678. The van der Waals surface area contributed by atoms with E-state index in [9.17, 15) is 14.0 Å². The summed E-state index contributed by atoms with van der Waals surface area (Å²) in [5.74, 6) is -0.467. The topological polar surface area (TPSA) is 80.3 Å². The summed E-state index contributed by atoms with van der Waals surface area (Å²) in [7, 11) is 0. The minimum atomic E-state index is -0.587. The molecule has 0 spiro atoms. The lowest BCUT2D eigenvalue weighted by Crippen LogP contribution is -2.67. The molecule has 8 heteroatoms. The van der Waals surface area contributed by atoms with Crippen molar-refractivity contribution in [1.82, 2.24) is 15.6 Å². The maximum atomic E-state index is 13.5. The third kappa shape index (κ3) is 4.58. The summed E-state index contributed by atoms with van der Waals surface area (Å²) in [6.07, 6.45) is 5.54. The molecule has 1 atom stereocenters. The van der Waals surface area contributed by atoms with E-state index in [4.69, 9.17) is 16.3 Å². The van der Waals surface area contributed by atoms with Gasteiger partial charge in [0.2, 0.25) is 0 Å². The Balaban J connectivity index is 1.34. The number of fused-ring (bicyclic) bond motifs is 3. The summed E-state index contributed by atoms with van der Waals surface area (Å²) in [4.78, 5) is 29.6. The van der Waals surface area contributed by atoms with Crippen molar-refractivity contribution in [3.8, 4) is 5.75 Å². The Morgan fingerprint density at radius 3 is 2.56 bits per heavy atom. The first-order valence-corrected chi connectivity index (χ1v) is 11.2. The van der Waals surface area contributed by atoms with Crippen molar-refractivity contribution < 1.29 is 18.7 Å². The molecule has 5 rings (SSSR count). The molecule has 6 nitrogen and oxygen atoms in total. The first-order chi connectivity index (χ1) is 15.2. The van der Waals surface area contributed by atoms with E-state index in [-0.39, 0.29) is 46.2 Å². The highest BCUT2D eigenvalue weighted by atomic mass is 35.5. The third-order valence-electron chi connectivity index (χ3n) is 6.94. The van der Waals surface area contributed by atoms with Crippen LogP contribution in [0.15, 0.2) is 36.5 Å². The van der Waals surface area contributed by atoms with Gasteiger partial charge in [-0.05, 0) is 69.2 Å². The van der Waals surface area contributed by atoms with Crippen molar-refractivity contribution in [2.45, 2.75) is 57.0 Å². The number of amides is 2. The van der Waals surface area contributed by atoms with E-state index < -0.39 is 5.82 Å². The van der Waals surface area contributed by atoms with Crippen LogP contribution in [0.25, 0.3) is 0 Å². The van der Waals surface area contributed by atoms with Crippen LogP contribution in [0.5, 0.6) is 5.75 Å². The average Bonchev–Trinajstić information content (AvgIpc) is 2.76. The molecule has 32 heavy (non-hydrogen) atoms. The van der Waals surface area contributed by atoms with Crippen LogP contribution in [-0.2, 0) is 4.79 Å². The Morgan fingerprint density at radius 2 is 1.94 bits per heavy atom. The van der Waals surface area contributed by atoms with Crippen LogP contribution in [0.3, 0.4) is 0 Å². The van der Waals surface area contributed by atoms with Gasteiger partial charge in [0.1, 0.15) is 11.6 Å². The normalized spacial score (nSPS) is 26.4. The fourth-order valence-electron chi connectivity index (χ4n) is 5.03. The van der Waals surface area contributed by atoms with E-state index in [1.807, 2.05) is 13.0 Å². The molecule has 2 aromatic rings. The van der Waals surface area contributed by atoms with Crippen molar-refractivity contribution in [3.05, 3.63) is 58.6 Å². The van der Waals surface area contributed by atoms with Gasteiger partial charge in [0, 0.05) is 29.0 Å². The number of nitrogens with one attached hydrogen (secondary N) is 2. The maximum absolute atomic E-state index is 13.5. The Hall–Kier alpha value is -2.67. The molecule has 1 heterocycles. The Morgan fingerprint density at radius 1 is 1.19 bits per heavy atom. The summed E-state index contributed by atoms with van der Waals surface area (Å²) < 4.78 is 19.0. The fourth-order valence-corrected chi connectivity index (χ4v) is 5.14. The van der Waals surface area contributed by atoms with Crippen molar-refractivity contribution in [1.29, 1.82) is 0 Å². The zero-order valence-corrected chi connectivity index (χ0v) is 19.0. The van der Waals surface area contributed by atoms with Crippen LogP contribution in [0.2, 0.25) is 5.02 Å². The number of hydrogen-bond acceptors (Lipinski definition) is 4. The van der Waals surface area contributed by atoms with Crippen LogP contribution >= 0.6 is 11.6 Å². The van der Waals surface area contributed by atoms with Gasteiger partial charge < -0.3 is 15.4 Å². The number of pyridine rings is 1. The number of aryl methyl sites for hydroxylation is 1. The summed E-state index contributed by atoms with van der Waals surface area (Å²) >= 11 is 5.67. The molecule has 1 aromatic heterocycles. The van der Waals surface area contributed by atoms with Gasteiger partial charge in [0.15, 0.2) is 6.61 Å². The van der Waals surface area contributed by atoms with Crippen LogP contribution < -0.4 is 15.4 Å². The molecule has 3 fully saturated rings. The van der Waals surface area contributed by atoms with Gasteiger partial charge in [0.25, 0.3) is 11.8 Å². The Kier molecular flexibility index (Phi) is 6.12. The van der Waals surface area contributed by atoms with Crippen LogP contribution in [0, 0.1) is 18.7 Å². The second kappa shape index (κ2) is 8.70. The van der Waals surface area contributed by atoms with Crippen LogP contribution in [0.1, 0.15) is 55.1 Å². The van der Waals surface area contributed by atoms with Crippen molar-refractivity contribution >= 4 is 23.4 Å². The molecule has 3 aliphatic carbocycles. The van der Waals surface area contributed by atoms with Gasteiger partial charge in [-0.15, -0.1) is 0 Å². The van der Waals surface area contributed by atoms with Crippen molar-refractivity contribution in [3.63, 3.8) is 0 Å². The van der Waals surface area contributed by atoms with Gasteiger partial charge in [-0.25, -0.2) is 4.39 Å². The monoisotopic (exact) mass is 459 g/mol. The minimum absolute atomic E-state index is 0.00769. The number of carbonyl (C=O) groups is 2. The average molecular weight is 460 g/mol. The zero-order chi connectivity index (χ0) is 22.9. The summed E-state index contributed by atoms with van der Waals surface area (Å²) in [6.45, 7) is 3.82. The SMILES string of the molecule is Cc1ccc(C(=O)NC23CCC(NC(=O)COc4ccc(Cl)c(F)c4)(CC2)CC3C)cn1. The van der Waals surface area contributed by atoms with Crippen molar-refractivity contribution in [2.75, 3.05) is 6.61 Å². The lowest BCUT2D eigenvalue weighted by Gasteiger charge is -2.57. The maximum Gasteiger partial charge on any atom is 0.258 e. The highest BCUT2D eigenvalue weighted by Crippen LogP contribution is 2.50. The Labute approximate surface area is 191 Å². The molecular weight excluding hydrogens is 433 g/mol. The third-order valence-corrected chi connectivity index (χ3v) is 7.25. The van der Waals surface area contributed by atoms with E-state index >= 15 is 0 Å². The first-order valence-electron chi connectivity index (χ1n) is 10.8. The molecular formula is C24H27ClFN3O3. The number of nitrogens with zero attached hydrogens (tertiary/aromatic N) is 1. The number of ether oxygens (including phenoxy) is 1. The van der Waals surface area contributed by atoms with Gasteiger partial charge in [-0.3, -0.25) is 14.6 Å². The molecule has 1 unspecified atom stereocenters. The molecule has 3 saturated carbocycles. The van der Waals surface area contributed by atoms with Gasteiger partial charge in [0.05, 0.1) is 10.6 Å². The second-order valence-electron chi connectivity index (χ2n) is 9.10. The lowest BCUT2D eigenvalue weighted by atomic mass is 9.56. The molecule has 3 aliphatic rings. The fraction of sp³-hybridized carbons (Fsp3) is 0.458. The van der Waals surface area contributed by atoms with Crippen LogP contribution in [-0.4, -0.2) is 34.5 Å². The number of rotatable bonds is 6. The summed E-state index contributed by atoms with van der Waals surface area (Å²) in [6, 6.07) is 7.71. The highest BCUT2D eigenvalue weighted by Gasteiger charge is 2.54. The second-order valence-corrected chi connectivity index (χ2v) is 9.50. The van der Waals surface area contributed by atoms with Gasteiger partial charge in [-0.2, -0.15) is 0 Å². The van der Waals surface area contributed by atoms with Crippen molar-refractivity contribution in [2.24, 2.45) is 5.92 Å². The number of hydrogen-bond donors (Lipinski definition) is 2. The minimum Gasteiger partial charge on any atom is -0.484 e. The molecule has 0 aliphatic heterocycles. The largest absolute Gasteiger partial charge is 0.484 e. The smallest absolute Gasteiger partial charge is 0.258 e. The molecule has 170 valence electrons. The van der Waals surface area contributed by atoms with Gasteiger partial charge in [-0.1, -0.05) is 18.5 Å². The molecule has 2 bridgehead atoms. The predicted octanol–water partition coefficient (Wildman–Crippen LogP) is 4.20. The Bertz CT molecular complexity index is 1020. The van der Waals surface area contributed by atoms with E-state index in [0.29, 0.717) is 5.56 Å². The summed E-state index contributed by atoms with van der Waals surface area (Å²) in [5, 5.41) is 6.43. The van der Waals surface area contributed by atoms with Gasteiger partial charge >= 0.3 is 0 Å². The number of aromatic nitrogens is 1. The molecule has 1 aromatic carbocycles. The summed E-state index contributed by atoms with van der Waals surface area (Å²) in [5.41, 5.74) is 0.854. The molecule has 0 saturated heterocycles. The number of benzene rings is 1. The lowest BCUT2D eigenvalue weighted by molar-refractivity contribution is -0.127. The highest BCUT2D eigenvalue weighted by molar-refractivity contribution is 6.30. The van der Waals surface area contributed by atoms with Crippen LogP contribution in [0.4, 0.5) is 4.39 Å². The first kappa shape index (κ1) is 22.5. The van der Waals surface area contributed by atoms with E-state index in [1.54, 1.807) is 12.3 Å². The molecule has 0 radical (unpaired) electrons. The number of halogens is 2. The molecule has 2 amide bonds. The van der Waals surface area contributed by atoms with E-state index in [2.05, 4.69) is 22.5 Å². The standard InChI is InChI=1S/C24H27ClFN3O3/c1-15-12-23(28-21(30)14-32-18-5-6-19(25)20(26)11-18)7-9-24(15,10-8-23)29-22(31)17-4-3-16(2)27-13-17/h3-6,11,13,15H,7-10,12,14H2,1-2H3,(H,28,30)(H,29,31). The van der Waals surface area contributed by atoms with E-state index in [0.717, 1.165) is 43.9 Å². The molecule has 2 N–H and O–H groups in total. The van der Waals surface area contributed by atoms with E-state index in [1.165, 1.54) is 12.1 Å². The zero-order valence-electron chi connectivity index (χ0n) is 18.2.